The summed E-state index contributed by atoms with van der Waals surface area (Å²) < 4.78 is 7.15. The van der Waals surface area contributed by atoms with Gasteiger partial charge in [0.1, 0.15) is 5.76 Å². The summed E-state index contributed by atoms with van der Waals surface area (Å²) in [6.45, 7) is 8.55. The van der Waals surface area contributed by atoms with E-state index in [1.165, 1.54) is 0 Å². The average molecular weight is 330 g/mol. The number of amides is 1. The van der Waals surface area contributed by atoms with E-state index >= 15 is 0 Å². The van der Waals surface area contributed by atoms with Crippen molar-refractivity contribution in [2.75, 3.05) is 6.54 Å². The third kappa shape index (κ3) is 2.86. The second kappa shape index (κ2) is 6.43. The molecule has 1 fully saturated rings. The maximum atomic E-state index is 13.2. The van der Waals surface area contributed by atoms with E-state index in [2.05, 4.69) is 5.16 Å². The van der Waals surface area contributed by atoms with Gasteiger partial charge in [-0.05, 0) is 53.0 Å². The molecule has 0 aromatic carbocycles. The van der Waals surface area contributed by atoms with E-state index in [9.17, 15) is 4.79 Å². The Balaban J connectivity index is 1.96. The lowest BCUT2D eigenvalue weighted by Crippen LogP contribution is -2.51. The monoisotopic (exact) mass is 330 g/mol. The molecule has 0 aliphatic carbocycles. The number of likely N-dealkylation sites (tertiary alicyclic amines) is 1. The zero-order chi connectivity index (χ0) is 17.4. The normalized spacial score (nSPS) is 19.5. The van der Waals surface area contributed by atoms with Gasteiger partial charge in [0.25, 0.3) is 5.91 Å². The molecule has 0 spiro atoms. The molecule has 2 aromatic rings. The average Bonchev–Trinajstić information content (AvgIpc) is 3.09. The summed E-state index contributed by atoms with van der Waals surface area (Å²) in [7, 11) is 0. The van der Waals surface area contributed by atoms with Crippen molar-refractivity contribution in [1.82, 2.24) is 14.6 Å². The van der Waals surface area contributed by atoms with E-state index in [0.717, 1.165) is 48.5 Å². The van der Waals surface area contributed by atoms with E-state index < -0.39 is 0 Å². The smallest absolute Gasteiger partial charge is 0.255 e. The summed E-state index contributed by atoms with van der Waals surface area (Å²) in [6.07, 6.45) is 3.15. The predicted octanol–water partition coefficient (Wildman–Crippen LogP) is 2.73. The highest BCUT2D eigenvalue weighted by Gasteiger charge is 2.31. The van der Waals surface area contributed by atoms with E-state index in [1.807, 2.05) is 49.3 Å². The molecule has 0 saturated carbocycles. The molecule has 1 amide bonds. The standard InChI is InChI=1S/C18H26N4O2/c1-11-9-15(14(4)22(11)17-10-12(2)24-20-17)18(23)21-8-6-5-7-16(21)13(3)19/h9-10,13,16H,5-8,19H2,1-4H3/t13-,16-/m0/s1. The predicted molar refractivity (Wildman–Crippen MR) is 92.4 cm³/mol. The Hall–Kier alpha value is -2.08. The van der Waals surface area contributed by atoms with Gasteiger partial charge >= 0.3 is 0 Å². The molecule has 3 rings (SSSR count). The molecule has 2 aromatic heterocycles. The van der Waals surface area contributed by atoms with Crippen LogP contribution in [0.3, 0.4) is 0 Å². The number of aromatic nitrogens is 2. The summed E-state index contributed by atoms with van der Waals surface area (Å²) in [5.74, 6) is 1.53. The van der Waals surface area contributed by atoms with Gasteiger partial charge in [0.2, 0.25) is 0 Å². The molecule has 1 aliphatic rings. The Morgan fingerprint density at radius 1 is 1.33 bits per heavy atom. The van der Waals surface area contributed by atoms with Gasteiger partial charge in [-0.15, -0.1) is 0 Å². The number of hydrogen-bond acceptors (Lipinski definition) is 4. The van der Waals surface area contributed by atoms with Crippen LogP contribution in [0.25, 0.3) is 5.82 Å². The highest BCUT2D eigenvalue weighted by atomic mass is 16.5. The van der Waals surface area contributed by atoms with Crippen LogP contribution in [0.4, 0.5) is 0 Å². The summed E-state index contributed by atoms with van der Waals surface area (Å²) in [5.41, 5.74) is 8.70. The minimum atomic E-state index is -0.0177. The largest absolute Gasteiger partial charge is 0.360 e. The van der Waals surface area contributed by atoms with E-state index in [0.29, 0.717) is 5.82 Å². The molecule has 2 N–H and O–H groups in total. The van der Waals surface area contributed by atoms with Crippen molar-refractivity contribution in [2.45, 2.75) is 59.0 Å². The van der Waals surface area contributed by atoms with Crippen LogP contribution < -0.4 is 5.73 Å². The van der Waals surface area contributed by atoms with Crippen LogP contribution in [-0.2, 0) is 0 Å². The zero-order valence-corrected chi connectivity index (χ0v) is 14.9. The van der Waals surface area contributed by atoms with Crippen molar-refractivity contribution in [3.63, 3.8) is 0 Å². The van der Waals surface area contributed by atoms with Gasteiger partial charge < -0.3 is 15.2 Å². The van der Waals surface area contributed by atoms with Crippen molar-refractivity contribution in [2.24, 2.45) is 5.73 Å². The number of piperidine rings is 1. The Bertz CT molecular complexity index is 744. The summed E-state index contributed by atoms with van der Waals surface area (Å²) in [5, 5.41) is 4.08. The lowest BCUT2D eigenvalue weighted by molar-refractivity contribution is 0.0583. The van der Waals surface area contributed by atoms with Crippen molar-refractivity contribution in [3.05, 3.63) is 34.8 Å². The second-order valence-electron chi connectivity index (χ2n) is 6.84. The van der Waals surface area contributed by atoms with Crippen LogP contribution in [0, 0.1) is 20.8 Å². The van der Waals surface area contributed by atoms with Crippen LogP contribution in [0.15, 0.2) is 16.7 Å². The Labute approximate surface area is 142 Å². The number of carbonyl (C=O) groups is 1. The molecule has 1 saturated heterocycles. The first-order chi connectivity index (χ1) is 11.4. The van der Waals surface area contributed by atoms with Crippen LogP contribution in [0.5, 0.6) is 0 Å². The molecule has 0 unspecified atom stereocenters. The van der Waals surface area contributed by atoms with Gasteiger partial charge in [-0.1, -0.05) is 5.16 Å². The van der Waals surface area contributed by atoms with E-state index in [4.69, 9.17) is 10.3 Å². The van der Waals surface area contributed by atoms with Crippen LogP contribution in [-0.4, -0.2) is 39.2 Å². The number of rotatable bonds is 3. The quantitative estimate of drug-likeness (QED) is 0.938. The molecule has 6 heteroatoms. The van der Waals surface area contributed by atoms with Gasteiger partial charge in [0.05, 0.1) is 5.56 Å². The SMILES string of the molecule is Cc1cc(-n2c(C)cc(C(=O)N3CCCC[C@H]3[C@H](C)N)c2C)no1. The van der Waals surface area contributed by atoms with Gasteiger partial charge in [-0.2, -0.15) is 0 Å². The summed E-state index contributed by atoms with van der Waals surface area (Å²) in [4.78, 5) is 15.1. The first-order valence-corrected chi connectivity index (χ1v) is 8.59. The Kier molecular flexibility index (Phi) is 4.49. The number of hydrogen-bond donors (Lipinski definition) is 1. The fraction of sp³-hybridized carbons (Fsp3) is 0.556. The van der Waals surface area contributed by atoms with Gasteiger partial charge in [-0.25, -0.2) is 0 Å². The van der Waals surface area contributed by atoms with Crippen molar-refractivity contribution < 1.29 is 9.32 Å². The second-order valence-corrected chi connectivity index (χ2v) is 6.84. The van der Waals surface area contributed by atoms with Crippen molar-refractivity contribution in [3.8, 4) is 5.82 Å². The van der Waals surface area contributed by atoms with Gasteiger partial charge in [0, 0.05) is 36.1 Å². The topological polar surface area (TPSA) is 77.3 Å². The number of nitrogens with zero attached hydrogens (tertiary/aromatic N) is 3. The molecule has 0 bridgehead atoms. The fourth-order valence-corrected chi connectivity index (χ4v) is 3.70. The third-order valence-electron chi connectivity index (χ3n) is 4.92. The molecule has 3 heterocycles. The molecule has 24 heavy (non-hydrogen) atoms. The maximum Gasteiger partial charge on any atom is 0.255 e. The van der Waals surface area contributed by atoms with E-state index in [-0.39, 0.29) is 18.0 Å². The number of nitrogens with two attached hydrogens (primary N) is 1. The van der Waals surface area contributed by atoms with E-state index in [1.54, 1.807) is 0 Å². The van der Waals surface area contributed by atoms with Crippen molar-refractivity contribution >= 4 is 5.91 Å². The fourth-order valence-electron chi connectivity index (χ4n) is 3.70. The van der Waals surface area contributed by atoms with Gasteiger partial charge in [0.15, 0.2) is 5.82 Å². The first kappa shape index (κ1) is 16.8. The molecule has 0 radical (unpaired) electrons. The molecule has 6 nitrogen and oxygen atoms in total. The Morgan fingerprint density at radius 3 is 2.71 bits per heavy atom. The number of carbonyl (C=O) groups excluding carboxylic acids is 1. The summed E-state index contributed by atoms with van der Waals surface area (Å²) >= 11 is 0. The molecular weight excluding hydrogens is 304 g/mol. The van der Waals surface area contributed by atoms with Crippen molar-refractivity contribution in [1.29, 1.82) is 0 Å². The minimum Gasteiger partial charge on any atom is -0.360 e. The maximum absolute atomic E-state index is 13.2. The highest BCUT2D eigenvalue weighted by Crippen LogP contribution is 2.26. The summed E-state index contributed by atoms with van der Waals surface area (Å²) in [6, 6.07) is 3.91. The lowest BCUT2D eigenvalue weighted by atomic mass is 9.96. The number of aryl methyl sites for hydroxylation is 2. The Morgan fingerprint density at radius 2 is 2.08 bits per heavy atom. The van der Waals surface area contributed by atoms with Crippen LogP contribution in [0.2, 0.25) is 0 Å². The molecule has 1 aliphatic heterocycles. The molecular formula is C18H26N4O2. The van der Waals surface area contributed by atoms with Gasteiger partial charge in [-0.3, -0.25) is 9.36 Å². The molecule has 2 atom stereocenters. The zero-order valence-electron chi connectivity index (χ0n) is 14.9. The first-order valence-electron chi connectivity index (χ1n) is 8.59. The highest BCUT2D eigenvalue weighted by molar-refractivity contribution is 5.96. The molecule has 130 valence electrons. The minimum absolute atomic E-state index is 0.0177. The van der Waals surface area contributed by atoms with Crippen LogP contribution in [0.1, 0.15) is 53.7 Å². The third-order valence-corrected chi connectivity index (χ3v) is 4.92. The van der Waals surface area contributed by atoms with Crippen LogP contribution >= 0.6 is 0 Å². The lowest BCUT2D eigenvalue weighted by Gasteiger charge is -2.38.